The standard InChI is InChI=1S/C7H6N2O3.Li/c10-6(7(11)12)9-5-1-3-8-4-2-5;/h1-4H,(H,11,12)(H,8,9,10);/q;+1/p-1. The number of hydrogen-bond donors (Lipinski definition) is 1. The van der Waals surface area contributed by atoms with Crippen molar-refractivity contribution in [1.82, 2.24) is 4.98 Å². The summed E-state index contributed by atoms with van der Waals surface area (Å²) >= 11 is 0. The maximum absolute atomic E-state index is 10.5. The molecule has 5 nitrogen and oxygen atoms in total. The minimum Gasteiger partial charge on any atom is -0.540 e. The zero-order valence-corrected chi connectivity index (χ0v) is 6.98. The van der Waals surface area contributed by atoms with E-state index in [2.05, 4.69) is 10.3 Å². The van der Waals surface area contributed by atoms with Gasteiger partial charge in [-0.15, -0.1) is 0 Å². The summed E-state index contributed by atoms with van der Waals surface area (Å²) < 4.78 is 0. The van der Waals surface area contributed by atoms with Crippen LogP contribution < -0.4 is 29.3 Å². The number of carboxylic acids is 1. The number of pyridine rings is 1. The van der Waals surface area contributed by atoms with E-state index in [0.29, 0.717) is 5.69 Å². The third-order valence-corrected chi connectivity index (χ3v) is 1.12. The van der Waals surface area contributed by atoms with Gasteiger partial charge in [-0.2, -0.15) is 0 Å². The molecule has 1 aromatic rings. The van der Waals surface area contributed by atoms with Crippen molar-refractivity contribution in [3.8, 4) is 0 Å². The summed E-state index contributed by atoms with van der Waals surface area (Å²) in [5, 5.41) is 12.1. The largest absolute Gasteiger partial charge is 1.00 e. The van der Waals surface area contributed by atoms with Crippen molar-refractivity contribution in [2.24, 2.45) is 0 Å². The number of aromatic nitrogens is 1. The number of anilines is 1. The van der Waals surface area contributed by atoms with Crippen LogP contribution in [0.5, 0.6) is 0 Å². The molecule has 1 N–H and O–H groups in total. The summed E-state index contributed by atoms with van der Waals surface area (Å²) in [4.78, 5) is 24.2. The minimum absolute atomic E-state index is 0. The van der Waals surface area contributed by atoms with E-state index in [1.54, 1.807) is 0 Å². The Kier molecular flexibility index (Phi) is 4.81. The van der Waals surface area contributed by atoms with Gasteiger partial charge in [-0.05, 0) is 12.1 Å². The molecule has 0 atom stereocenters. The number of carbonyl (C=O) groups is 2. The van der Waals surface area contributed by atoms with Gasteiger partial charge in [0.1, 0.15) is 5.97 Å². The van der Waals surface area contributed by atoms with E-state index in [-0.39, 0.29) is 18.9 Å². The van der Waals surface area contributed by atoms with Gasteiger partial charge in [0, 0.05) is 18.1 Å². The Labute approximate surface area is 86.3 Å². The Morgan fingerprint density at radius 1 is 1.31 bits per heavy atom. The molecule has 0 saturated heterocycles. The second kappa shape index (κ2) is 5.35. The second-order valence-electron chi connectivity index (χ2n) is 1.98. The van der Waals surface area contributed by atoms with Crippen molar-refractivity contribution in [1.29, 1.82) is 0 Å². The molecule has 0 aromatic carbocycles. The van der Waals surface area contributed by atoms with Gasteiger partial charge in [0.2, 0.25) is 0 Å². The van der Waals surface area contributed by atoms with Crippen molar-refractivity contribution in [2.75, 3.05) is 5.32 Å². The molecule has 1 heterocycles. The van der Waals surface area contributed by atoms with Gasteiger partial charge in [-0.25, -0.2) is 0 Å². The summed E-state index contributed by atoms with van der Waals surface area (Å²) in [6, 6.07) is 2.95. The number of nitrogens with zero attached hydrogens (tertiary/aromatic N) is 1. The first kappa shape index (κ1) is 11.7. The number of carbonyl (C=O) groups excluding carboxylic acids is 2. The maximum atomic E-state index is 10.5. The van der Waals surface area contributed by atoms with E-state index in [1.807, 2.05) is 0 Å². The van der Waals surface area contributed by atoms with Crippen LogP contribution in [0.3, 0.4) is 0 Å². The molecule has 1 aromatic heterocycles. The van der Waals surface area contributed by atoms with Crippen LogP contribution in [-0.4, -0.2) is 16.9 Å². The molecule has 0 spiro atoms. The predicted molar refractivity (Wildman–Crippen MR) is 37.9 cm³/mol. The molecule has 0 radical (unpaired) electrons. The fourth-order valence-electron chi connectivity index (χ4n) is 0.617. The maximum Gasteiger partial charge on any atom is 1.00 e. The first-order valence-corrected chi connectivity index (χ1v) is 3.12. The Balaban J connectivity index is 0.00000144. The Morgan fingerprint density at radius 2 is 1.85 bits per heavy atom. The summed E-state index contributed by atoms with van der Waals surface area (Å²) in [5.74, 6) is -2.92. The molecule has 0 aliphatic heterocycles. The van der Waals surface area contributed by atoms with E-state index in [9.17, 15) is 14.7 Å². The topological polar surface area (TPSA) is 82.1 Å². The molecule has 13 heavy (non-hydrogen) atoms. The quantitative estimate of drug-likeness (QED) is 0.343. The fraction of sp³-hybridized carbons (Fsp3) is 0. The number of rotatable bonds is 1. The normalized spacial score (nSPS) is 8.31. The van der Waals surface area contributed by atoms with Crippen LogP contribution in [0.25, 0.3) is 0 Å². The molecule has 0 fully saturated rings. The third kappa shape index (κ3) is 3.74. The molecule has 6 heteroatoms. The fourth-order valence-corrected chi connectivity index (χ4v) is 0.617. The zero-order valence-electron chi connectivity index (χ0n) is 6.98. The number of nitrogens with one attached hydrogen (secondary N) is 1. The first-order valence-electron chi connectivity index (χ1n) is 3.12. The van der Waals surface area contributed by atoms with Crippen molar-refractivity contribution >= 4 is 17.6 Å². The zero-order chi connectivity index (χ0) is 8.97. The summed E-state index contributed by atoms with van der Waals surface area (Å²) in [7, 11) is 0. The number of hydrogen-bond acceptors (Lipinski definition) is 4. The van der Waals surface area contributed by atoms with Gasteiger partial charge in [-0.1, -0.05) is 0 Å². The number of amides is 1. The molecule has 0 unspecified atom stereocenters. The average Bonchev–Trinajstić information content (AvgIpc) is 2.06. The number of carboxylic acid groups (broad SMARTS) is 1. The van der Waals surface area contributed by atoms with Crippen LogP contribution >= 0.6 is 0 Å². The Morgan fingerprint density at radius 3 is 2.31 bits per heavy atom. The van der Waals surface area contributed by atoms with E-state index >= 15 is 0 Å². The van der Waals surface area contributed by atoms with E-state index in [4.69, 9.17) is 0 Å². The molecule has 0 saturated carbocycles. The van der Waals surface area contributed by atoms with E-state index in [1.165, 1.54) is 24.5 Å². The van der Waals surface area contributed by atoms with Crippen molar-refractivity contribution in [2.45, 2.75) is 0 Å². The van der Waals surface area contributed by atoms with Crippen LogP contribution in [-0.2, 0) is 9.59 Å². The monoisotopic (exact) mass is 172 g/mol. The van der Waals surface area contributed by atoms with Gasteiger partial charge >= 0.3 is 18.9 Å². The van der Waals surface area contributed by atoms with Gasteiger partial charge in [0.25, 0.3) is 5.91 Å². The summed E-state index contributed by atoms with van der Waals surface area (Å²) in [6.07, 6.45) is 2.87. The molecule has 1 rings (SSSR count). The Hall–Kier alpha value is -1.31. The van der Waals surface area contributed by atoms with Crippen LogP contribution in [0.4, 0.5) is 5.69 Å². The van der Waals surface area contributed by atoms with Gasteiger partial charge in [0.15, 0.2) is 0 Å². The summed E-state index contributed by atoms with van der Waals surface area (Å²) in [5.41, 5.74) is 0.374. The molecule has 0 bridgehead atoms. The summed E-state index contributed by atoms with van der Waals surface area (Å²) in [6.45, 7) is 0. The van der Waals surface area contributed by atoms with Crippen LogP contribution in [0.2, 0.25) is 0 Å². The molecule has 1 amide bonds. The SMILES string of the molecule is O=C([O-])C(=O)Nc1ccncc1.[Li+]. The average molecular weight is 172 g/mol. The molecule has 62 valence electrons. The van der Waals surface area contributed by atoms with Gasteiger partial charge in [0.05, 0.1) is 0 Å². The van der Waals surface area contributed by atoms with Crippen molar-refractivity contribution in [3.63, 3.8) is 0 Å². The van der Waals surface area contributed by atoms with Crippen LogP contribution in [0, 0.1) is 0 Å². The predicted octanol–water partition coefficient (Wildman–Crippen LogP) is -4.23. The van der Waals surface area contributed by atoms with Crippen molar-refractivity contribution in [3.05, 3.63) is 24.5 Å². The molecular formula is C7H5LiN2O3. The minimum atomic E-state index is -1.76. The molecule has 0 aliphatic carbocycles. The van der Waals surface area contributed by atoms with E-state index in [0.717, 1.165) is 0 Å². The second-order valence-corrected chi connectivity index (χ2v) is 1.98. The van der Waals surface area contributed by atoms with Gasteiger partial charge < -0.3 is 15.2 Å². The van der Waals surface area contributed by atoms with E-state index < -0.39 is 11.9 Å². The number of aliphatic carboxylic acids is 1. The third-order valence-electron chi connectivity index (χ3n) is 1.12. The smallest absolute Gasteiger partial charge is 0.540 e. The van der Waals surface area contributed by atoms with Gasteiger partial charge in [-0.3, -0.25) is 9.78 Å². The van der Waals surface area contributed by atoms with Crippen LogP contribution in [0.1, 0.15) is 0 Å². The first-order chi connectivity index (χ1) is 5.70. The molecular weight excluding hydrogens is 167 g/mol. The van der Waals surface area contributed by atoms with Crippen molar-refractivity contribution < 1.29 is 33.6 Å². The van der Waals surface area contributed by atoms with Crippen LogP contribution in [0.15, 0.2) is 24.5 Å². The Bertz CT molecular complexity index is 302. The molecule has 0 aliphatic rings.